The number of halogens is 1. The molecule has 0 bridgehead atoms. The largest absolute Gasteiger partial charge is 0.352 e. The first kappa shape index (κ1) is 15.1. The number of aromatic amines is 1. The van der Waals surface area contributed by atoms with Crippen molar-refractivity contribution >= 4 is 41.5 Å². The number of hydrogen-bond acceptors (Lipinski definition) is 3. The minimum atomic E-state index is -0.149. The van der Waals surface area contributed by atoms with Gasteiger partial charge in [0.25, 0.3) is 5.91 Å². The third kappa shape index (κ3) is 4.37. The van der Waals surface area contributed by atoms with Crippen LogP contribution in [0.2, 0.25) is 5.02 Å². The molecule has 0 aliphatic rings. The molecule has 2 aromatic rings. The average molecular weight is 325 g/mol. The van der Waals surface area contributed by atoms with Gasteiger partial charge in [-0.2, -0.15) is 0 Å². The van der Waals surface area contributed by atoms with E-state index in [9.17, 15) is 4.79 Å². The summed E-state index contributed by atoms with van der Waals surface area (Å²) in [5, 5.41) is 3.57. The Hall–Kier alpha value is -1.30. The third-order valence-corrected chi connectivity index (χ3v) is 4.14. The van der Waals surface area contributed by atoms with Gasteiger partial charge in [-0.25, -0.2) is 0 Å². The van der Waals surface area contributed by atoms with Crippen LogP contribution in [0.15, 0.2) is 47.5 Å². The molecule has 6 heteroatoms. The fraction of sp³-hybridized carbons (Fsp3) is 0.143. The number of amides is 1. The average Bonchev–Trinajstić information content (AvgIpc) is 2.46. The van der Waals surface area contributed by atoms with E-state index in [1.54, 1.807) is 30.1 Å². The van der Waals surface area contributed by atoms with Crippen LogP contribution in [-0.4, -0.2) is 23.2 Å². The van der Waals surface area contributed by atoms with Crippen molar-refractivity contribution < 1.29 is 4.79 Å². The summed E-state index contributed by atoms with van der Waals surface area (Å²) in [5.41, 5.74) is 0.499. The molecule has 0 unspecified atom stereocenters. The van der Waals surface area contributed by atoms with Crippen LogP contribution in [0, 0.1) is 4.64 Å². The van der Waals surface area contributed by atoms with Crippen LogP contribution in [0.5, 0.6) is 0 Å². The molecule has 0 saturated heterocycles. The quantitative estimate of drug-likeness (QED) is 0.498. The Kier molecular flexibility index (Phi) is 5.64. The van der Waals surface area contributed by atoms with E-state index in [0.717, 1.165) is 15.7 Å². The molecule has 3 nitrogen and oxygen atoms in total. The third-order valence-electron chi connectivity index (χ3n) is 2.53. The monoisotopic (exact) mass is 324 g/mol. The molecule has 104 valence electrons. The summed E-state index contributed by atoms with van der Waals surface area (Å²) < 4.78 is 0.454. The van der Waals surface area contributed by atoms with E-state index >= 15 is 0 Å². The van der Waals surface area contributed by atoms with Gasteiger partial charge in [0, 0.05) is 28.4 Å². The number of thioether (sulfide) groups is 1. The van der Waals surface area contributed by atoms with Crippen molar-refractivity contribution in [3.05, 3.63) is 57.8 Å². The van der Waals surface area contributed by atoms with E-state index in [1.165, 1.54) is 0 Å². The van der Waals surface area contributed by atoms with Crippen LogP contribution in [0.3, 0.4) is 0 Å². The molecule has 0 spiro atoms. The van der Waals surface area contributed by atoms with E-state index in [2.05, 4.69) is 10.3 Å². The molecule has 0 fully saturated rings. The van der Waals surface area contributed by atoms with Crippen LogP contribution in [0.1, 0.15) is 10.4 Å². The van der Waals surface area contributed by atoms with Gasteiger partial charge < -0.3 is 10.3 Å². The zero-order chi connectivity index (χ0) is 14.4. The lowest BCUT2D eigenvalue weighted by molar-refractivity contribution is 0.0955. The van der Waals surface area contributed by atoms with Crippen LogP contribution in [0.25, 0.3) is 0 Å². The smallest absolute Gasteiger partial charge is 0.254 e. The van der Waals surface area contributed by atoms with E-state index in [0.29, 0.717) is 16.7 Å². The van der Waals surface area contributed by atoms with E-state index in [1.807, 2.05) is 24.3 Å². The van der Waals surface area contributed by atoms with Gasteiger partial charge in [0.15, 0.2) is 0 Å². The van der Waals surface area contributed by atoms with Crippen molar-refractivity contribution in [1.82, 2.24) is 10.3 Å². The molecule has 20 heavy (non-hydrogen) atoms. The summed E-state index contributed by atoms with van der Waals surface area (Å²) in [7, 11) is 0. The second kappa shape index (κ2) is 7.47. The number of pyridine rings is 1. The van der Waals surface area contributed by atoms with Gasteiger partial charge in [-0.1, -0.05) is 23.8 Å². The molecular formula is C14H13ClN2OS2. The van der Waals surface area contributed by atoms with Gasteiger partial charge >= 0.3 is 0 Å². The second-order valence-corrected chi connectivity index (χ2v) is 5.98. The maximum Gasteiger partial charge on any atom is 0.254 e. The van der Waals surface area contributed by atoms with Gasteiger partial charge in [-0.3, -0.25) is 4.79 Å². The summed E-state index contributed by atoms with van der Waals surface area (Å²) >= 11 is 12.5. The number of aromatic nitrogens is 1. The Balaban J connectivity index is 1.79. The Bertz CT molecular complexity index is 640. The molecule has 1 aromatic carbocycles. The molecule has 0 radical (unpaired) electrons. The molecule has 0 saturated carbocycles. The van der Waals surface area contributed by atoms with Crippen LogP contribution in [0.4, 0.5) is 0 Å². The lowest BCUT2D eigenvalue weighted by Crippen LogP contribution is -2.26. The molecule has 1 heterocycles. The number of carbonyl (C=O) groups is 1. The predicted octanol–water partition coefficient (Wildman–Crippen LogP) is 3.92. The van der Waals surface area contributed by atoms with Gasteiger partial charge in [0.05, 0.1) is 5.56 Å². The van der Waals surface area contributed by atoms with Gasteiger partial charge in [0.1, 0.15) is 4.64 Å². The predicted molar refractivity (Wildman–Crippen MR) is 86.1 cm³/mol. The first-order chi connectivity index (χ1) is 9.66. The van der Waals surface area contributed by atoms with Crippen LogP contribution < -0.4 is 5.32 Å². The van der Waals surface area contributed by atoms with Crippen molar-refractivity contribution in [2.24, 2.45) is 0 Å². The van der Waals surface area contributed by atoms with E-state index in [-0.39, 0.29) is 5.91 Å². The summed E-state index contributed by atoms with van der Waals surface area (Å²) in [6.07, 6.45) is 1.70. The fourth-order valence-corrected chi connectivity index (χ4v) is 2.68. The zero-order valence-corrected chi connectivity index (χ0v) is 12.9. The van der Waals surface area contributed by atoms with Gasteiger partial charge in [-0.05, 0) is 36.4 Å². The lowest BCUT2D eigenvalue weighted by atomic mass is 10.3. The van der Waals surface area contributed by atoms with Crippen LogP contribution in [-0.2, 0) is 0 Å². The minimum absolute atomic E-state index is 0.149. The Morgan fingerprint density at radius 2 is 2.05 bits per heavy atom. The molecule has 2 N–H and O–H groups in total. The molecule has 0 aliphatic heterocycles. The summed E-state index contributed by atoms with van der Waals surface area (Å²) in [5.74, 6) is 0.639. The van der Waals surface area contributed by atoms with Gasteiger partial charge in [0.2, 0.25) is 0 Å². The van der Waals surface area contributed by atoms with Crippen LogP contribution >= 0.6 is 35.6 Å². The normalized spacial score (nSPS) is 10.2. The molecule has 0 aliphatic carbocycles. The highest BCUT2D eigenvalue weighted by Gasteiger charge is 2.06. The first-order valence-electron chi connectivity index (χ1n) is 6.01. The maximum absolute atomic E-state index is 11.9. The Morgan fingerprint density at radius 1 is 1.30 bits per heavy atom. The summed E-state index contributed by atoms with van der Waals surface area (Å²) in [4.78, 5) is 15.9. The van der Waals surface area contributed by atoms with Crippen molar-refractivity contribution in [2.75, 3.05) is 12.3 Å². The maximum atomic E-state index is 11.9. The van der Waals surface area contributed by atoms with Crippen molar-refractivity contribution in [2.45, 2.75) is 4.90 Å². The van der Waals surface area contributed by atoms with Crippen molar-refractivity contribution in [3.8, 4) is 0 Å². The molecule has 1 aromatic heterocycles. The Morgan fingerprint density at radius 3 is 2.75 bits per heavy atom. The first-order valence-corrected chi connectivity index (χ1v) is 7.78. The van der Waals surface area contributed by atoms with E-state index < -0.39 is 0 Å². The number of nitrogens with one attached hydrogen (secondary N) is 2. The lowest BCUT2D eigenvalue weighted by Gasteiger charge is -2.05. The topological polar surface area (TPSA) is 44.9 Å². The standard InChI is InChI=1S/C14H13ClN2OS2/c15-10-3-5-11(6-4-10)20-9-8-16-13(18)12-2-1-7-17-14(12)19/h1-7H,8-9H2,(H,16,18)(H,17,19). The highest BCUT2D eigenvalue weighted by atomic mass is 35.5. The fourth-order valence-electron chi connectivity index (χ4n) is 1.56. The number of hydrogen-bond donors (Lipinski definition) is 2. The Labute approximate surface area is 131 Å². The highest BCUT2D eigenvalue weighted by molar-refractivity contribution is 7.99. The van der Waals surface area contributed by atoms with Crippen molar-refractivity contribution in [1.29, 1.82) is 0 Å². The molecular weight excluding hydrogens is 312 g/mol. The number of carbonyl (C=O) groups excluding carboxylic acids is 1. The highest BCUT2D eigenvalue weighted by Crippen LogP contribution is 2.19. The van der Waals surface area contributed by atoms with Gasteiger partial charge in [-0.15, -0.1) is 11.8 Å². The number of H-pyrrole nitrogens is 1. The molecule has 1 amide bonds. The minimum Gasteiger partial charge on any atom is -0.352 e. The number of benzene rings is 1. The summed E-state index contributed by atoms with van der Waals surface area (Å²) in [6.45, 7) is 0.579. The number of rotatable bonds is 5. The SMILES string of the molecule is O=C(NCCSc1ccc(Cl)cc1)c1ccc[nH]c1=S. The van der Waals surface area contributed by atoms with E-state index in [4.69, 9.17) is 23.8 Å². The molecule has 2 rings (SSSR count). The van der Waals surface area contributed by atoms with Crippen molar-refractivity contribution in [3.63, 3.8) is 0 Å². The second-order valence-electron chi connectivity index (χ2n) is 3.97. The summed E-state index contributed by atoms with van der Waals surface area (Å²) in [6, 6.07) is 11.1. The molecule has 0 atom stereocenters. The zero-order valence-electron chi connectivity index (χ0n) is 10.6.